The topological polar surface area (TPSA) is 58.6 Å². The average molecular weight is 349 g/mol. The number of nitrogens with one attached hydrogen (secondary N) is 1. The van der Waals surface area contributed by atoms with Crippen LogP contribution in [0.1, 0.15) is 6.92 Å². The lowest BCUT2D eigenvalue weighted by molar-refractivity contribution is -0.127. The minimum Gasteiger partial charge on any atom is -0.479 e. The molecule has 2 aromatic carbocycles. The van der Waals surface area contributed by atoms with Crippen molar-refractivity contribution in [2.75, 3.05) is 16.8 Å². The van der Waals surface area contributed by atoms with Gasteiger partial charge in [-0.2, -0.15) is 0 Å². The van der Waals surface area contributed by atoms with Gasteiger partial charge >= 0.3 is 0 Å². The summed E-state index contributed by atoms with van der Waals surface area (Å²) in [6, 6.07) is 10.9. The van der Waals surface area contributed by atoms with E-state index in [0.29, 0.717) is 17.1 Å². The highest BCUT2D eigenvalue weighted by Gasteiger charge is 2.32. The van der Waals surface area contributed by atoms with Crippen molar-refractivity contribution >= 4 is 34.8 Å². The van der Waals surface area contributed by atoms with E-state index in [-0.39, 0.29) is 17.5 Å². The van der Waals surface area contributed by atoms with Gasteiger partial charge in [-0.25, -0.2) is 4.39 Å². The first-order valence-corrected chi connectivity index (χ1v) is 7.65. The van der Waals surface area contributed by atoms with Crippen LogP contribution in [0.4, 0.5) is 15.8 Å². The molecule has 0 bridgehead atoms. The van der Waals surface area contributed by atoms with Crippen molar-refractivity contribution in [3.8, 4) is 5.75 Å². The van der Waals surface area contributed by atoms with E-state index in [9.17, 15) is 14.0 Å². The molecule has 0 radical (unpaired) electrons. The van der Waals surface area contributed by atoms with Crippen LogP contribution < -0.4 is 15.0 Å². The molecule has 2 aromatic rings. The second-order valence-corrected chi connectivity index (χ2v) is 5.74. The molecule has 7 heteroatoms. The van der Waals surface area contributed by atoms with Crippen LogP contribution in [0.2, 0.25) is 5.02 Å². The number of halogens is 2. The quantitative estimate of drug-likeness (QED) is 0.926. The van der Waals surface area contributed by atoms with E-state index < -0.39 is 17.8 Å². The number of carbonyl (C=O) groups is 2. The minimum absolute atomic E-state index is 0.0887. The van der Waals surface area contributed by atoms with Gasteiger partial charge in [-0.1, -0.05) is 23.7 Å². The molecule has 1 atom stereocenters. The van der Waals surface area contributed by atoms with Crippen molar-refractivity contribution < 1.29 is 18.7 Å². The van der Waals surface area contributed by atoms with E-state index in [1.807, 2.05) is 0 Å². The van der Waals surface area contributed by atoms with Gasteiger partial charge in [-0.15, -0.1) is 0 Å². The number of ether oxygens (including phenoxy) is 1. The molecule has 1 aliphatic rings. The number of hydrogen-bond acceptors (Lipinski definition) is 3. The van der Waals surface area contributed by atoms with Gasteiger partial charge in [0.2, 0.25) is 5.91 Å². The van der Waals surface area contributed by atoms with Crippen LogP contribution in [0.5, 0.6) is 5.75 Å². The number of amides is 2. The SMILES string of the molecule is CC1Oc2ccccc2N(CC(=O)Nc2ccc(F)c(Cl)c2)C1=O. The Balaban J connectivity index is 1.78. The van der Waals surface area contributed by atoms with Gasteiger partial charge < -0.3 is 10.1 Å². The zero-order valence-electron chi connectivity index (χ0n) is 12.8. The molecule has 0 spiro atoms. The zero-order valence-corrected chi connectivity index (χ0v) is 13.5. The van der Waals surface area contributed by atoms with Crippen LogP contribution in [0.15, 0.2) is 42.5 Å². The maximum Gasteiger partial charge on any atom is 0.268 e. The van der Waals surface area contributed by atoms with Crippen molar-refractivity contribution in [2.45, 2.75) is 13.0 Å². The van der Waals surface area contributed by atoms with Crippen LogP contribution in [0.3, 0.4) is 0 Å². The highest BCUT2D eigenvalue weighted by Crippen LogP contribution is 2.33. The van der Waals surface area contributed by atoms with E-state index >= 15 is 0 Å². The molecule has 0 aliphatic carbocycles. The van der Waals surface area contributed by atoms with E-state index in [1.165, 1.54) is 17.0 Å². The van der Waals surface area contributed by atoms with Crippen LogP contribution in [0, 0.1) is 5.82 Å². The van der Waals surface area contributed by atoms with Crippen LogP contribution in [-0.4, -0.2) is 24.5 Å². The normalized spacial score (nSPS) is 16.4. The van der Waals surface area contributed by atoms with Crippen LogP contribution in [0.25, 0.3) is 0 Å². The summed E-state index contributed by atoms with van der Waals surface area (Å²) in [6.45, 7) is 1.45. The summed E-state index contributed by atoms with van der Waals surface area (Å²) in [5.74, 6) is -0.751. The van der Waals surface area contributed by atoms with Crippen molar-refractivity contribution in [2.24, 2.45) is 0 Å². The summed E-state index contributed by atoms with van der Waals surface area (Å²) in [7, 11) is 0. The smallest absolute Gasteiger partial charge is 0.268 e. The van der Waals surface area contributed by atoms with Crippen molar-refractivity contribution in [3.05, 3.63) is 53.3 Å². The number of benzene rings is 2. The van der Waals surface area contributed by atoms with E-state index in [2.05, 4.69) is 5.32 Å². The predicted molar refractivity (Wildman–Crippen MR) is 88.9 cm³/mol. The number of anilines is 2. The summed E-state index contributed by atoms with van der Waals surface area (Å²) < 4.78 is 18.7. The van der Waals surface area contributed by atoms with E-state index in [0.717, 1.165) is 6.07 Å². The Morgan fingerprint density at radius 1 is 1.33 bits per heavy atom. The van der Waals surface area contributed by atoms with Crippen LogP contribution in [-0.2, 0) is 9.59 Å². The first-order chi connectivity index (χ1) is 11.5. The molecular formula is C17H14ClFN2O3. The third-order valence-corrected chi connectivity index (χ3v) is 3.87. The lowest BCUT2D eigenvalue weighted by Crippen LogP contribution is -2.47. The second kappa shape index (κ2) is 6.49. The number of nitrogens with zero attached hydrogens (tertiary/aromatic N) is 1. The third-order valence-electron chi connectivity index (χ3n) is 3.58. The molecule has 0 saturated carbocycles. The number of hydrogen-bond donors (Lipinski definition) is 1. The fourth-order valence-corrected chi connectivity index (χ4v) is 2.62. The van der Waals surface area contributed by atoms with E-state index in [1.54, 1.807) is 31.2 Å². The number of rotatable bonds is 3. The lowest BCUT2D eigenvalue weighted by atomic mass is 10.2. The maximum absolute atomic E-state index is 13.2. The summed E-state index contributed by atoms with van der Waals surface area (Å²) in [5, 5.41) is 2.51. The molecule has 3 rings (SSSR count). The van der Waals surface area contributed by atoms with Gasteiger partial charge in [0.25, 0.3) is 5.91 Å². The van der Waals surface area contributed by atoms with Crippen LogP contribution >= 0.6 is 11.6 Å². The molecule has 2 amide bonds. The minimum atomic E-state index is -0.673. The summed E-state index contributed by atoms with van der Waals surface area (Å²) in [6.07, 6.45) is -0.673. The average Bonchev–Trinajstić information content (AvgIpc) is 2.55. The second-order valence-electron chi connectivity index (χ2n) is 5.33. The Morgan fingerprint density at radius 2 is 2.08 bits per heavy atom. The largest absolute Gasteiger partial charge is 0.479 e. The zero-order chi connectivity index (χ0) is 17.3. The van der Waals surface area contributed by atoms with Gasteiger partial charge in [0.1, 0.15) is 18.1 Å². The fraction of sp³-hybridized carbons (Fsp3) is 0.176. The molecule has 1 aliphatic heterocycles. The number of para-hydroxylation sites is 2. The molecule has 124 valence electrons. The molecule has 5 nitrogen and oxygen atoms in total. The molecule has 1 N–H and O–H groups in total. The van der Waals surface area contributed by atoms with E-state index in [4.69, 9.17) is 16.3 Å². The molecule has 0 aromatic heterocycles. The standard InChI is InChI=1S/C17H14ClFN2O3/c1-10-17(23)21(14-4-2-3-5-15(14)24-10)9-16(22)20-11-6-7-13(19)12(18)8-11/h2-8,10H,9H2,1H3,(H,20,22). The molecule has 24 heavy (non-hydrogen) atoms. The fourth-order valence-electron chi connectivity index (χ4n) is 2.44. The Bertz CT molecular complexity index is 812. The first kappa shape index (κ1) is 16.3. The Morgan fingerprint density at radius 3 is 2.83 bits per heavy atom. The monoisotopic (exact) mass is 348 g/mol. The summed E-state index contributed by atoms with van der Waals surface area (Å²) >= 11 is 5.69. The molecule has 1 unspecified atom stereocenters. The Hall–Kier alpha value is -2.60. The van der Waals surface area contributed by atoms with Crippen molar-refractivity contribution in [1.29, 1.82) is 0 Å². The highest BCUT2D eigenvalue weighted by atomic mass is 35.5. The van der Waals surface area contributed by atoms with Gasteiger partial charge in [-0.05, 0) is 37.3 Å². The first-order valence-electron chi connectivity index (χ1n) is 7.27. The number of carbonyl (C=O) groups excluding carboxylic acids is 2. The van der Waals surface area contributed by atoms with Gasteiger partial charge in [0.05, 0.1) is 10.7 Å². The van der Waals surface area contributed by atoms with Gasteiger partial charge in [-0.3, -0.25) is 14.5 Å². The Labute approximate surface area is 143 Å². The number of fused-ring (bicyclic) bond motifs is 1. The molecule has 0 saturated heterocycles. The lowest BCUT2D eigenvalue weighted by Gasteiger charge is -2.32. The molecular weight excluding hydrogens is 335 g/mol. The van der Waals surface area contributed by atoms with Crippen molar-refractivity contribution in [3.63, 3.8) is 0 Å². The summed E-state index contributed by atoms with van der Waals surface area (Å²) in [4.78, 5) is 25.9. The maximum atomic E-state index is 13.2. The highest BCUT2D eigenvalue weighted by molar-refractivity contribution is 6.31. The summed E-state index contributed by atoms with van der Waals surface area (Å²) in [5.41, 5.74) is 0.890. The molecule has 0 fully saturated rings. The van der Waals surface area contributed by atoms with Gasteiger partial charge in [0.15, 0.2) is 6.10 Å². The third kappa shape index (κ3) is 3.19. The Kier molecular flexibility index (Phi) is 4.40. The van der Waals surface area contributed by atoms with Gasteiger partial charge in [0, 0.05) is 5.69 Å². The van der Waals surface area contributed by atoms with Crippen molar-refractivity contribution in [1.82, 2.24) is 0 Å². The predicted octanol–water partition coefficient (Wildman–Crippen LogP) is 3.23. The molecule has 1 heterocycles.